The summed E-state index contributed by atoms with van der Waals surface area (Å²) in [5.74, 6) is -0.0473. The molecule has 1 aliphatic heterocycles. The molecule has 3 rings (SSSR count). The lowest BCUT2D eigenvalue weighted by Gasteiger charge is -2.40. The van der Waals surface area contributed by atoms with Gasteiger partial charge in [0.25, 0.3) is 5.91 Å². The number of ether oxygens (including phenoxy) is 1. The highest BCUT2D eigenvalue weighted by molar-refractivity contribution is 5.94. The van der Waals surface area contributed by atoms with Crippen molar-refractivity contribution < 1.29 is 14.6 Å². The van der Waals surface area contributed by atoms with Gasteiger partial charge in [0.2, 0.25) is 0 Å². The minimum Gasteiger partial charge on any atom is -0.393 e. The Bertz CT molecular complexity index is 526. The largest absolute Gasteiger partial charge is 0.393 e. The molecule has 1 aliphatic carbocycles. The zero-order chi connectivity index (χ0) is 16.3. The summed E-state index contributed by atoms with van der Waals surface area (Å²) in [5.41, 5.74) is 1.64. The molecule has 126 valence electrons. The van der Waals surface area contributed by atoms with Crippen molar-refractivity contribution in [3.05, 3.63) is 29.8 Å². The van der Waals surface area contributed by atoms with Gasteiger partial charge in [0, 0.05) is 38.0 Å². The van der Waals surface area contributed by atoms with Gasteiger partial charge < -0.3 is 20.1 Å². The zero-order valence-electron chi connectivity index (χ0n) is 13.8. The molecule has 5 nitrogen and oxygen atoms in total. The Morgan fingerprint density at radius 3 is 2.48 bits per heavy atom. The molecule has 0 atom stereocenters. The van der Waals surface area contributed by atoms with E-state index in [1.165, 1.54) is 6.42 Å². The maximum absolute atomic E-state index is 12.3. The second-order valence-corrected chi connectivity index (χ2v) is 6.69. The molecule has 1 aromatic carbocycles. The summed E-state index contributed by atoms with van der Waals surface area (Å²) < 4.78 is 5.53. The molecule has 2 N–H and O–H groups in total. The predicted molar refractivity (Wildman–Crippen MR) is 89.8 cm³/mol. The van der Waals surface area contributed by atoms with E-state index in [0.717, 1.165) is 44.5 Å². The van der Waals surface area contributed by atoms with E-state index >= 15 is 0 Å². The molecule has 1 saturated heterocycles. The third-order valence-corrected chi connectivity index (χ3v) is 5.23. The summed E-state index contributed by atoms with van der Waals surface area (Å²) in [5, 5.41) is 12.6. The van der Waals surface area contributed by atoms with Crippen LogP contribution < -0.4 is 10.2 Å². The molecule has 23 heavy (non-hydrogen) atoms. The van der Waals surface area contributed by atoms with Crippen molar-refractivity contribution in [1.29, 1.82) is 0 Å². The lowest BCUT2D eigenvalue weighted by molar-refractivity contribution is -0.0679. The first-order valence-electron chi connectivity index (χ1n) is 8.48. The molecular weight excluding hydrogens is 292 g/mol. The monoisotopic (exact) mass is 318 g/mol. The fraction of sp³-hybridized carbons (Fsp3) is 0.611. The van der Waals surface area contributed by atoms with Gasteiger partial charge in [0.1, 0.15) is 0 Å². The van der Waals surface area contributed by atoms with E-state index in [-0.39, 0.29) is 17.6 Å². The molecule has 0 aromatic heterocycles. The Morgan fingerprint density at radius 2 is 1.96 bits per heavy atom. The molecule has 1 amide bonds. The number of benzene rings is 1. The van der Waals surface area contributed by atoms with E-state index in [4.69, 9.17) is 4.74 Å². The number of nitrogens with one attached hydrogen (secondary N) is 1. The standard InChI is InChI=1S/C18H26N2O3/c1-23-18(9-2-10-18)13-19-17(22)14-3-5-15(6-4-14)20-11-7-16(21)8-12-20/h3-6,16,21H,2,7-13H2,1H3,(H,19,22). The van der Waals surface area contributed by atoms with Crippen LogP contribution in [0.15, 0.2) is 24.3 Å². The maximum Gasteiger partial charge on any atom is 0.251 e. The lowest BCUT2D eigenvalue weighted by Crippen LogP contribution is -2.49. The number of anilines is 1. The van der Waals surface area contributed by atoms with Crippen LogP contribution in [0.3, 0.4) is 0 Å². The van der Waals surface area contributed by atoms with Gasteiger partial charge in [0.05, 0.1) is 11.7 Å². The number of hydrogen-bond acceptors (Lipinski definition) is 4. The first kappa shape index (κ1) is 16.3. The average molecular weight is 318 g/mol. The molecule has 0 unspecified atom stereocenters. The van der Waals surface area contributed by atoms with E-state index in [9.17, 15) is 9.90 Å². The van der Waals surface area contributed by atoms with E-state index in [0.29, 0.717) is 12.1 Å². The summed E-state index contributed by atoms with van der Waals surface area (Å²) in [7, 11) is 1.72. The van der Waals surface area contributed by atoms with E-state index < -0.39 is 0 Å². The first-order chi connectivity index (χ1) is 11.1. The number of amides is 1. The minimum absolute atomic E-state index is 0.0473. The van der Waals surface area contributed by atoms with Crippen molar-refractivity contribution in [2.45, 2.75) is 43.8 Å². The molecule has 0 radical (unpaired) electrons. The molecule has 1 saturated carbocycles. The number of carbonyl (C=O) groups is 1. The molecule has 5 heteroatoms. The molecule has 2 aliphatic rings. The van der Waals surface area contributed by atoms with Crippen LogP contribution in [-0.4, -0.2) is 49.5 Å². The minimum atomic E-state index is -0.170. The second-order valence-electron chi connectivity index (χ2n) is 6.69. The van der Waals surface area contributed by atoms with Gasteiger partial charge in [-0.15, -0.1) is 0 Å². The SMILES string of the molecule is COC1(CNC(=O)c2ccc(N3CCC(O)CC3)cc2)CCC1. The number of nitrogens with zero attached hydrogens (tertiary/aromatic N) is 1. The van der Waals surface area contributed by atoms with Gasteiger partial charge in [-0.25, -0.2) is 0 Å². The van der Waals surface area contributed by atoms with Gasteiger partial charge >= 0.3 is 0 Å². The fourth-order valence-electron chi connectivity index (χ4n) is 3.32. The van der Waals surface area contributed by atoms with Crippen molar-refractivity contribution in [1.82, 2.24) is 5.32 Å². The van der Waals surface area contributed by atoms with Crippen molar-refractivity contribution in [2.75, 3.05) is 31.6 Å². The third kappa shape index (κ3) is 3.67. The summed E-state index contributed by atoms with van der Waals surface area (Å²) in [6.07, 6.45) is 4.65. The Balaban J connectivity index is 1.55. The van der Waals surface area contributed by atoms with Gasteiger partial charge in [-0.2, -0.15) is 0 Å². The first-order valence-corrected chi connectivity index (χ1v) is 8.48. The summed E-state index contributed by atoms with van der Waals surface area (Å²) in [4.78, 5) is 14.5. The third-order valence-electron chi connectivity index (χ3n) is 5.23. The van der Waals surface area contributed by atoms with Gasteiger partial charge in [-0.3, -0.25) is 4.79 Å². The van der Waals surface area contributed by atoms with Gasteiger partial charge in [-0.05, 0) is 56.4 Å². The van der Waals surface area contributed by atoms with Crippen LogP contribution in [0.4, 0.5) is 5.69 Å². The zero-order valence-corrected chi connectivity index (χ0v) is 13.8. The van der Waals surface area contributed by atoms with E-state index in [2.05, 4.69) is 10.2 Å². The lowest BCUT2D eigenvalue weighted by atomic mass is 9.80. The normalized spacial score (nSPS) is 20.9. The molecule has 2 fully saturated rings. The van der Waals surface area contributed by atoms with Crippen LogP contribution in [0.25, 0.3) is 0 Å². The van der Waals surface area contributed by atoms with E-state index in [1.54, 1.807) is 7.11 Å². The van der Waals surface area contributed by atoms with Crippen LogP contribution >= 0.6 is 0 Å². The maximum atomic E-state index is 12.3. The van der Waals surface area contributed by atoms with Crippen molar-refractivity contribution in [2.24, 2.45) is 0 Å². The van der Waals surface area contributed by atoms with Gasteiger partial charge in [-0.1, -0.05) is 0 Å². The molecular formula is C18H26N2O3. The number of piperidine rings is 1. The molecule has 0 spiro atoms. The number of rotatable bonds is 5. The van der Waals surface area contributed by atoms with Crippen molar-refractivity contribution in [3.8, 4) is 0 Å². The number of aliphatic hydroxyl groups excluding tert-OH is 1. The van der Waals surface area contributed by atoms with Crippen LogP contribution in [0.5, 0.6) is 0 Å². The number of methoxy groups -OCH3 is 1. The smallest absolute Gasteiger partial charge is 0.251 e. The summed E-state index contributed by atoms with van der Waals surface area (Å²) in [6, 6.07) is 7.72. The highest BCUT2D eigenvalue weighted by Gasteiger charge is 2.37. The summed E-state index contributed by atoms with van der Waals surface area (Å²) >= 11 is 0. The highest BCUT2D eigenvalue weighted by atomic mass is 16.5. The Labute approximate surface area is 137 Å². The predicted octanol–water partition coefficient (Wildman–Crippen LogP) is 1.95. The van der Waals surface area contributed by atoms with E-state index in [1.807, 2.05) is 24.3 Å². The molecule has 1 heterocycles. The number of aliphatic hydroxyl groups is 1. The van der Waals surface area contributed by atoms with Crippen molar-refractivity contribution in [3.63, 3.8) is 0 Å². The molecule has 0 bridgehead atoms. The van der Waals surface area contributed by atoms with Crippen LogP contribution in [0, 0.1) is 0 Å². The molecule has 1 aromatic rings. The highest BCUT2D eigenvalue weighted by Crippen LogP contribution is 2.34. The second kappa shape index (κ2) is 6.89. The number of carbonyl (C=O) groups excluding carboxylic acids is 1. The fourth-order valence-corrected chi connectivity index (χ4v) is 3.32. The van der Waals surface area contributed by atoms with Crippen LogP contribution in [-0.2, 0) is 4.74 Å². The Kier molecular flexibility index (Phi) is 4.87. The van der Waals surface area contributed by atoms with Crippen LogP contribution in [0.2, 0.25) is 0 Å². The Morgan fingerprint density at radius 1 is 1.30 bits per heavy atom. The van der Waals surface area contributed by atoms with Gasteiger partial charge in [0.15, 0.2) is 0 Å². The average Bonchev–Trinajstić information content (AvgIpc) is 2.55. The van der Waals surface area contributed by atoms with Crippen molar-refractivity contribution >= 4 is 11.6 Å². The summed E-state index contributed by atoms with van der Waals surface area (Å²) in [6.45, 7) is 2.31. The quantitative estimate of drug-likeness (QED) is 0.871. The van der Waals surface area contributed by atoms with Crippen LogP contribution in [0.1, 0.15) is 42.5 Å². The Hall–Kier alpha value is -1.59. The topological polar surface area (TPSA) is 61.8 Å². The number of hydrogen-bond donors (Lipinski definition) is 2.